The fourth-order valence-corrected chi connectivity index (χ4v) is 3.14. The molecule has 1 fully saturated rings. The highest BCUT2D eigenvalue weighted by atomic mass is 16.5. The zero-order valence-corrected chi connectivity index (χ0v) is 15.7. The Morgan fingerprint density at radius 3 is 2.42 bits per heavy atom. The summed E-state index contributed by atoms with van der Waals surface area (Å²) in [6.07, 6.45) is 6.85. The van der Waals surface area contributed by atoms with Crippen molar-refractivity contribution < 1.29 is 14.3 Å². The molecule has 1 aromatic rings. The van der Waals surface area contributed by atoms with E-state index in [4.69, 9.17) is 4.74 Å². The number of nitrogens with one attached hydrogen (secondary N) is 3. The van der Waals surface area contributed by atoms with E-state index in [0.717, 1.165) is 24.0 Å². The number of ether oxygens (including phenoxy) is 1. The van der Waals surface area contributed by atoms with Crippen molar-refractivity contribution in [3.05, 3.63) is 35.4 Å². The summed E-state index contributed by atoms with van der Waals surface area (Å²) in [6, 6.07) is 8.17. The summed E-state index contributed by atoms with van der Waals surface area (Å²) < 4.78 is 5.08. The predicted octanol–water partition coefficient (Wildman–Crippen LogP) is 2.86. The molecule has 0 saturated heterocycles. The topological polar surface area (TPSA) is 79.5 Å². The van der Waals surface area contributed by atoms with Gasteiger partial charge in [0.1, 0.15) is 0 Å². The Hall–Kier alpha value is -2.08. The highest BCUT2D eigenvalue weighted by molar-refractivity contribution is 5.76. The van der Waals surface area contributed by atoms with Crippen molar-refractivity contribution in [2.24, 2.45) is 0 Å². The summed E-state index contributed by atoms with van der Waals surface area (Å²) in [5, 5.41) is 8.75. The lowest BCUT2D eigenvalue weighted by atomic mass is 9.96. The third kappa shape index (κ3) is 7.87. The highest BCUT2D eigenvalue weighted by Crippen LogP contribution is 2.17. The molecule has 0 bridgehead atoms. The van der Waals surface area contributed by atoms with E-state index >= 15 is 0 Å². The van der Waals surface area contributed by atoms with Gasteiger partial charge in [0.05, 0.1) is 6.61 Å². The molecule has 144 valence electrons. The fourth-order valence-electron chi connectivity index (χ4n) is 3.14. The maximum atomic E-state index is 11.9. The average molecular weight is 361 g/mol. The van der Waals surface area contributed by atoms with Crippen LogP contribution in [0.15, 0.2) is 24.3 Å². The van der Waals surface area contributed by atoms with Crippen LogP contribution >= 0.6 is 0 Å². The van der Waals surface area contributed by atoms with E-state index in [2.05, 4.69) is 16.0 Å². The Kier molecular flexibility index (Phi) is 8.96. The van der Waals surface area contributed by atoms with E-state index in [0.29, 0.717) is 38.6 Å². The molecule has 0 atom stereocenters. The van der Waals surface area contributed by atoms with Crippen LogP contribution in [-0.2, 0) is 22.7 Å². The summed E-state index contributed by atoms with van der Waals surface area (Å²) in [5.41, 5.74) is 2.17. The second kappa shape index (κ2) is 11.5. The molecule has 0 unspecified atom stereocenters. The molecule has 3 N–H and O–H groups in total. The Labute approximate surface area is 156 Å². The summed E-state index contributed by atoms with van der Waals surface area (Å²) in [6.45, 7) is 1.62. The van der Waals surface area contributed by atoms with E-state index in [9.17, 15) is 9.59 Å². The van der Waals surface area contributed by atoms with E-state index < -0.39 is 0 Å². The first-order valence-electron chi connectivity index (χ1n) is 9.55. The first kappa shape index (κ1) is 20.2. The molecule has 0 spiro atoms. The van der Waals surface area contributed by atoms with Crippen LogP contribution in [0.5, 0.6) is 0 Å². The van der Waals surface area contributed by atoms with E-state index in [1.54, 1.807) is 7.11 Å². The van der Waals surface area contributed by atoms with Crippen LogP contribution in [-0.4, -0.2) is 31.6 Å². The van der Waals surface area contributed by atoms with Crippen molar-refractivity contribution in [1.82, 2.24) is 16.0 Å². The molecule has 1 aliphatic carbocycles. The molecule has 6 nitrogen and oxygen atoms in total. The van der Waals surface area contributed by atoms with Gasteiger partial charge >= 0.3 is 6.03 Å². The SMILES string of the molecule is COCc1ccc(CNC(=O)CCCNC(=O)NC2CCCCC2)cc1. The fraction of sp³-hybridized carbons (Fsp3) is 0.600. The molecule has 2 rings (SSSR count). The maximum Gasteiger partial charge on any atom is 0.315 e. The van der Waals surface area contributed by atoms with Gasteiger partial charge in [-0.15, -0.1) is 0 Å². The van der Waals surface area contributed by atoms with Crippen LogP contribution in [0.4, 0.5) is 4.79 Å². The lowest BCUT2D eigenvalue weighted by Crippen LogP contribution is -2.43. The molecule has 3 amide bonds. The largest absolute Gasteiger partial charge is 0.380 e. The number of rotatable bonds is 9. The minimum atomic E-state index is -0.117. The quantitative estimate of drug-likeness (QED) is 0.592. The van der Waals surface area contributed by atoms with Gasteiger partial charge in [-0.2, -0.15) is 0 Å². The van der Waals surface area contributed by atoms with Gasteiger partial charge in [-0.05, 0) is 30.4 Å². The van der Waals surface area contributed by atoms with Crippen molar-refractivity contribution in [3.8, 4) is 0 Å². The van der Waals surface area contributed by atoms with Crippen LogP contribution in [0.25, 0.3) is 0 Å². The van der Waals surface area contributed by atoms with Gasteiger partial charge in [-0.1, -0.05) is 43.5 Å². The van der Waals surface area contributed by atoms with Crippen LogP contribution in [0.2, 0.25) is 0 Å². The molecule has 1 aliphatic rings. The minimum absolute atomic E-state index is 0.000423. The van der Waals surface area contributed by atoms with E-state index in [1.807, 2.05) is 24.3 Å². The third-order valence-electron chi connectivity index (χ3n) is 4.63. The number of amides is 3. The number of urea groups is 1. The number of methoxy groups -OCH3 is 1. The molecule has 0 aromatic heterocycles. The maximum absolute atomic E-state index is 11.9. The summed E-state index contributed by atoms with van der Waals surface area (Å²) in [7, 11) is 1.67. The van der Waals surface area contributed by atoms with Crippen molar-refractivity contribution in [3.63, 3.8) is 0 Å². The molecule has 0 radical (unpaired) electrons. The standard InChI is InChI=1S/C20H31N3O3/c1-26-15-17-11-9-16(10-12-17)14-22-19(24)8-5-13-21-20(25)23-18-6-3-2-4-7-18/h9-12,18H,2-8,13-15H2,1H3,(H,22,24)(H2,21,23,25). The number of hydrogen-bond donors (Lipinski definition) is 3. The van der Waals surface area contributed by atoms with Gasteiger partial charge in [0.15, 0.2) is 0 Å². The Balaban J connectivity index is 1.53. The zero-order chi connectivity index (χ0) is 18.6. The number of carbonyl (C=O) groups is 2. The van der Waals surface area contributed by atoms with E-state index in [1.165, 1.54) is 19.3 Å². The molecule has 6 heteroatoms. The molecule has 1 aromatic carbocycles. The molecule has 26 heavy (non-hydrogen) atoms. The zero-order valence-electron chi connectivity index (χ0n) is 15.7. The van der Waals surface area contributed by atoms with Crippen LogP contribution in [0.3, 0.4) is 0 Å². The van der Waals surface area contributed by atoms with Crippen LogP contribution in [0.1, 0.15) is 56.1 Å². The number of carbonyl (C=O) groups excluding carboxylic acids is 2. The summed E-state index contributed by atoms with van der Waals surface area (Å²) in [5.74, 6) is 0.000423. The van der Waals surface area contributed by atoms with E-state index in [-0.39, 0.29) is 11.9 Å². The monoisotopic (exact) mass is 361 g/mol. The molecular formula is C20H31N3O3. The summed E-state index contributed by atoms with van der Waals surface area (Å²) in [4.78, 5) is 23.7. The second-order valence-electron chi connectivity index (χ2n) is 6.86. The third-order valence-corrected chi connectivity index (χ3v) is 4.63. The van der Waals surface area contributed by atoms with Gasteiger partial charge in [-0.25, -0.2) is 4.79 Å². The molecule has 1 saturated carbocycles. The highest BCUT2D eigenvalue weighted by Gasteiger charge is 2.15. The first-order valence-corrected chi connectivity index (χ1v) is 9.55. The first-order chi connectivity index (χ1) is 12.7. The molecule has 0 heterocycles. The van der Waals surface area contributed by atoms with Crippen molar-refractivity contribution in [2.45, 2.75) is 64.1 Å². The predicted molar refractivity (Wildman–Crippen MR) is 102 cm³/mol. The van der Waals surface area contributed by atoms with Gasteiger partial charge in [0, 0.05) is 32.7 Å². The normalized spacial score (nSPS) is 14.7. The van der Waals surface area contributed by atoms with Crippen molar-refractivity contribution in [2.75, 3.05) is 13.7 Å². The Morgan fingerprint density at radius 2 is 1.73 bits per heavy atom. The smallest absolute Gasteiger partial charge is 0.315 e. The van der Waals surface area contributed by atoms with Crippen molar-refractivity contribution >= 4 is 11.9 Å². The summed E-state index contributed by atoms with van der Waals surface area (Å²) >= 11 is 0. The minimum Gasteiger partial charge on any atom is -0.380 e. The van der Waals surface area contributed by atoms with Gasteiger partial charge < -0.3 is 20.7 Å². The average Bonchev–Trinajstić information content (AvgIpc) is 2.66. The second-order valence-corrected chi connectivity index (χ2v) is 6.86. The van der Waals surface area contributed by atoms with Gasteiger partial charge in [0.25, 0.3) is 0 Å². The van der Waals surface area contributed by atoms with Crippen molar-refractivity contribution in [1.29, 1.82) is 0 Å². The Morgan fingerprint density at radius 1 is 1.04 bits per heavy atom. The number of hydrogen-bond acceptors (Lipinski definition) is 3. The van der Waals surface area contributed by atoms with Gasteiger partial charge in [0.2, 0.25) is 5.91 Å². The molecular weight excluding hydrogens is 330 g/mol. The lowest BCUT2D eigenvalue weighted by Gasteiger charge is -2.22. The lowest BCUT2D eigenvalue weighted by molar-refractivity contribution is -0.121. The van der Waals surface area contributed by atoms with Crippen LogP contribution in [0, 0.1) is 0 Å². The molecule has 0 aliphatic heterocycles. The Bertz CT molecular complexity index is 554. The van der Waals surface area contributed by atoms with Gasteiger partial charge in [-0.3, -0.25) is 4.79 Å². The van der Waals surface area contributed by atoms with Crippen LogP contribution < -0.4 is 16.0 Å². The number of benzene rings is 1.